The number of benzene rings is 2. The van der Waals surface area contributed by atoms with E-state index in [1.54, 1.807) is 29.2 Å². The molecular weight excluding hydrogens is 445 g/mol. The zero-order valence-corrected chi connectivity index (χ0v) is 19.2. The SMILES string of the molecule is Cc1ncc2c(c1CNC(=O)c1ccccc1F)CCN(C(=O)c1ccccc1-n1cccn1)C2. The lowest BCUT2D eigenvalue weighted by molar-refractivity contribution is 0.0734. The first kappa shape index (κ1) is 22.5. The Morgan fingerprint density at radius 1 is 1.06 bits per heavy atom. The molecule has 7 nitrogen and oxygen atoms in total. The van der Waals surface area contributed by atoms with Crippen molar-refractivity contribution in [2.24, 2.45) is 0 Å². The summed E-state index contributed by atoms with van der Waals surface area (Å²) in [7, 11) is 0. The zero-order chi connectivity index (χ0) is 24.4. The van der Waals surface area contributed by atoms with E-state index in [0.29, 0.717) is 25.1 Å². The van der Waals surface area contributed by atoms with Gasteiger partial charge in [0.2, 0.25) is 0 Å². The maximum Gasteiger partial charge on any atom is 0.256 e. The third-order valence-corrected chi connectivity index (χ3v) is 6.31. The van der Waals surface area contributed by atoms with Crippen LogP contribution in [0.2, 0.25) is 0 Å². The highest BCUT2D eigenvalue weighted by Gasteiger charge is 2.26. The van der Waals surface area contributed by atoms with Crippen molar-refractivity contribution in [2.75, 3.05) is 6.54 Å². The second kappa shape index (κ2) is 9.50. The summed E-state index contributed by atoms with van der Waals surface area (Å²) in [6.07, 6.45) is 5.93. The molecule has 2 aromatic heterocycles. The Morgan fingerprint density at radius 3 is 2.60 bits per heavy atom. The molecule has 3 heterocycles. The third-order valence-electron chi connectivity index (χ3n) is 6.31. The Labute approximate surface area is 202 Å². The van der Waals surface area contributed by atoms with Crippen molar-refractivity contribution in [3.8, 4) is 5.69 Å². The average Bonchev–Trinajstić information content (AvgIpc) is 3.42. The number of hydrogen-bond acceptors (Lipinski definition) is 4. The number of nitrogens with one attached hydrogen (secondary N) is 1. The second-order valence-corrected chi connectivity index (χ2v) is 8.43. The molecule has 0 spiro atoms. The average molecular weight is 470 g/mol. The summed E-state index contributed by atoms with van der Waals surface area (Å²) >= 11 is 0. The molecule has 4 aromatic rings. The van der Waals surface area contributed by atoms with E-state index in [1.165, 1.54) is 12.1 Å². The summed E-state index contributed by atoms with van der Waals surface area (Å²) in [4.78, 5) is 32.3. The fourth-order valence-corrected chi connectivity index (χ4v) is 4.48. The number of hydrogen-bond donors (Lipinski definition) is 1. The smallest absolute Gasteiger partial charge is 0.256 e. The van der Waals surface area contributed by atoms with Gasteiger partial charge in [-0.3, -0.25) is 14.6 Å². The van der Waals surface area contributed by atoms with E-state index in [2.05, 4.69) is 15.4 Å². The molecule has 1 N–H and O–H groups in total. The number of nitrogens with zero attached hydrogens (tertiary/aromatic N) is 4. The minimum Gasteiger partial charge on any atom is -0.348 e. The maximum atomic E-state index is 14.0. The molecule has 8 heteroatoms. The largest absolute Gasteiger partial charge is 0.348 e. The minimum atomic E-state index is -0.556. The van der Waals surface area contributed by atoms with Gasteiger partial charge in [0.25, 0.3) is 11.8 Å². The molecule has 0 radical (unpaired) electrons. The van der Waals surface area contributed by atoms with Gasteiger partial charge in [0.15, 0.2) is 0 Å². The molecule has 176 valence electrons. The zero-order valence-electron chi connectivity index (χ0n) is 19.2. The van der Waals surface area contributed by atoms with Crippen LogP contribution in [0.4, 0.5) is 4.39 Å². The molecule has 1 aliphatic rings. The summed E-state index contributed by atoms with van der Waals surface area (Å²) in [6.45, 7) is 3.09. The molecule has 2 aromatic carbocycles. The number of carbonyl (C=O) groups excluding carboxylic acids is 2. The van der Waals surface area contributed by atoms with Gasteiger partial charge in [0, 0.05) is 43.9 Å². The topological polar surface area (TPSA) is 80.1 Å². The van der Waals surface area contributed by atoms with Gasteiger partial charge in [-0.1, -0.05) is 24.3 Å². The second-order valence-electron chi connectivity index (χ2n) is 8.43. The van der Waals surface area contributed by atoms with Crippen molar-refractivity contribution in [2.45, 2.75) is 26.4 Å². The van der Waals surface area contributed by atoms with Gasteiger partial charge in [0.1, 0.15) is 5.82 Å². The highest BCUT2D eigenvalue weighted by molar-refractivity contribution is 5.98. The highest BCUT2D eigenvalue weighted by atomic mass is 19.1. The lowest BCUT2D eigenvalue weighted by Crippen LogP contribution is -2.37. The van der Waals surface area contributed by atoms with Crippen LogP contribution in [0.5, 0.6) is 0 Å². The molecule has 5 rings (SSSR count). The molecule has 0 unspecified atom stereocenters. The first-order valence-corrected chi connectivity index (χ1v) is 11.4. The highest BCUT2D eigenvalue weighted by Crippen LogP contribution is 2.26. The molecule has 0 fully saturated rings. The lowest BCUT2D eigenvalue weighted by Gasteiger charge is -2.31. The van der Waals surface area contributed by atoms with Crippen molar-refractivity contribution in [3.05, 3.63) is 113 Å². The number of pyridine rings is 1. The van der Waals surface area contributed by atoms with Crippen LogP contribution in [0.3, 0.4) is 0 Å². The first-order valence-electron chi connectivity index (χ1n) is 11.4. The quantitative estimate of drug-likeness (QED) is 0.482. The van der Waals surface area contributed by atoms with E-state index in [-0.39, 0.29) is 18.0 Å². The fraction of sp³-hybridized carbons (Fsp3) is 0.185. The van der Waals surface area contributed by atoms with Gasteiger partial charge in [-0.05, 0) is 60.4 Å². The van der Waals surface area contributed by atoms with E-state index >= 15 is 0 Å². The summed E-state index contributed by atoms with van der Waals surface area (Å²) in [5.74, 6) is -1.10. The summed E-state index contributed by atoms with van der Waals surface area (Å²) in [6, 6.07) is 15.1. The van der Waals surface area contributed by atoms with Crippen LogP contribution < -0.4 is 5.32 Å². The number of para-hydroxylation sites is 1. The Balaban J connectivity index is 1.36. The molecule has 35 heavy (non-hydrogen) atoms. The van der Waals surface area contributed by atoms with Crippen LogP contribution in [0.25, 0.3) is 5.69 Å². The van der Waals surface area contributed by atoms with E-state index in [4.69, 9.17) is 0 Å². The summed E-state index contributed by atoms with van der Waals surface area (Å²) < 4.78 is 15.7. The predicted octanol–water partition coefficient (Wildman–Crippen LogP) is 3.84. The monoisotopic (exact) mass is 469 g/mol. The number of aryl methyl sites for hydroxylation is 1. The molecule has 0 saturated heterocycles. The Hall–Kier alpha value is -4.33. The van der Waals surface area contributed by atoms with Crippen LogP contribution in [0, 0.1) is 12.7 Å². The van der Waals surface area contributed by atoms with Gasteiger partial charge < -0.3 is 10.2 Å². The van der Waals surface area contributed by atoms with Crippen LogP contribution in [-0.4, -0.2) is 38.0 Å². The molecule has 0 aliphatic carbocycles. The van der Waals surface area contributed by atoms with E-state index in [0.717, 1.165) is 28.1 Å². The van der Waals surface area contributed by atoms with Crippen molar-refractivity contribution in [1.29, 1.82) is 0 Å². The van der Waals surface area contributed by atoms with Crippen molar-refractivity contribution in [1.82, 2.24) is 25.0 Å². The van der Waals surface area contributed by atoms with E-state index in [9.17, 15) is 14.0 Å². The molecule has 2 amide bonds. The molecule has 0 saturated carbocycles. The first-order chi connectivity index (χ1) is 17.0. The van der Waals surface area contributed by atoms with Crippen LogP contribution >= 0.6 is 0 Å². The number of aromatic nitrogens is 3. The number of amides is 2. The van der Waals surface area contributed by atoms with Crippen LogP contribution in [0.1, 0.15) is 43.1 Å². The van der Waals surface area contributed by atoms with Gasteiger partial charge in [-0.15, -0.1) is 0 Å². The maximum absolute atomic E-state index is 14.0. The molecule has 0 bridgehead atoms. The normalized spacial score (nSPS) is 12.8. The van der Waals surface area contributed by atoms with Gasteiger partial charge in [0.05, 0.1) is 16.8 Å². The Kier molecular flexibility index (Phi) is 6.10. The molecular formula is C27H24FN5O2. The Bertz CT molecular complexity index is 1400. The standard InChI is InChI=1S/C27H24FN5O2/c1-18-23(16-30-26(34)21-7-2-4-9-24(21)28)20-11-14-32(17-19(20)15-29-18)27(35)22-8-3-5-10-25(22)33-13-6-12-31-33/h2-10,12-13,15H,11,14,16-17H2,1H3,(H,30,34). The van der Waals surface area contributed by atoms with Gasteiger partial charge in [-0.25, -0.2) is 9.07 Å². The molecule has 0 atom stereocenters. The van der Waals surface area contributed by atoms with E-state index in [1.807, 2.05) is 48.4 Å². The fourth-order valence-electron chi connectivity index (χ4n) is 4.48. The number of fused-ring (bicyclic) bond motifs is 1. The van der Waals surface area contributed by atoms with Crippen molar-refractivity contribution >= 4 is 11.8 Å². The predicted molar refractivity (Wildman–Crippen MR) is 129 cm³/mol. The third kappa shape index (κ3) is 4.42. The van der Waals surface area contributed by atoms with Crippen LogP contribution in [-0.2, 0) is 19.5 Å². The van der Waals surface area contributed by atoms with Crippen molar-refractivity contribution in [3.63, 3.8) is 0 Å². The Morgan fingerprint density at radius 2 is 1.83 bits per heavy atom. The number of carbonyl (C=O) groups is 2. The van der Waals surface area contributed by atoms with Gasteiger partial charge in [-0.2, -0.15) is 5.10 Å². The number of halogens is 1. The van der Waals surface area contributed by atoms with Gasteiger partial charge >= 0.3 is 0 Å². The van der Waals surface area contributed by atoms with Crippen molar-refractivity contribution < 1.29 is 14.0 Å². The van der Waals surface area contributed by atoms with Crippen LogP contribution in [0.15, 0.2) is 73.2 Å². The summed E-state index contributed by atoms with van der Waals surface area (Å²) in [5.41, 5.74) is 5.06. The number of rotatable bonds is 5. The summed E-state index contributed by atoms with van der Waals surface area (Å²) in [5, 5.41) is 7.09. The van der Waals surface area contributed by atoms with E-state index < -0.39 is 11.7 Å². The minimum absolute atomic E-state index is 0.00975. The lowest BCUT2D eigenvalue weighted by atomic mass is 9.94. The molecule has 1 aliphatic heterocycles.